The first-order valence-corrected chi connectivity index (χ1v) is 7.59. The number of carbonyl (C=O) groups is 2. The van der Waals surface area contributed by atoms with Crippen molar-refractivity contribution in [2.75, 3.05) is 12.4 Å². The van der Waals surface area contributed by atoms with E-state index in [0.29, 0.717) is 43.5 Å². The van der Waals surface area contributed by atoms with Crippen LogP contribution in [0.5, 0.6) is 0 Å². The van der Waals surface area contributed by atoms with Crippen LogP contribution in [0, 0.1) is 12.3 Å². The zero-order valence-corrected chi connectivity index (χ0v) is 13.0. The van der Waals surface area contributed by atoms with Crippen LogP contribution in [0.2, 0.25) is 0 Å². The number of benzene rings is 1. The van der Waals surface area contributed by atoms with Gasteiger partial charge < -0.3 is 10.2 Å². The van der Waals surface area contributed by atoms with E-state index >= 15 is 0 Å². The van der Waals surface area contributed by atoms with E-state index in [0.717, 1.165) is 5.56 Å². The average Bonchev–Trinajstić information content (AvgIpc) is 3.26. The van der Waals surface area contributed by atoms with Crippen molar-refractivity contribution in [3.63, 3.8) is 0 Å². The summed E-state index contributed by atoms with van der Waals surface area (Å²) < 4.78 is 0. The number of nitrogens with zero attached hydrogens (tertiary/aromatic N) is 3. The second-order valence-corrected chi connectivity index (χ2v) is 5.97. The number of hydrogen-bond donors (Lipinski definition) is 1. The van der Waals surface area contributed by atoms with Gasteiger partial charge in [0.15, 0.2) is 5.66 Å². The maximum Gasteiger partial charge on any atom is 0.254 e. The third-order valence-electron chi connectivity index (χ3n) is 4.18. The molecule has 1 N–H and O–H groups in total. The Hall–Kier alpha value is -2.68. The van der Waals surface area contributed by atoms with Gasteiger partial charge in [-0.3, -0.25) is 9.59 Å². The van der Waals surface area contributed by atoms with Gasteiger partial charge in [0.25, 0.3) is 5.91 Å². The van der Waals surface area contributed by atoms with Gasteiger partial charge in [0, 0.05) is 50.5 Å². The van der Waals surface area contributed by atoms with Gasteiger partial charge in [-0.1, -0.05) is 6.07 Å². The van der Waals surface area contributed by atoms with Crippen LogP contribution < -0.4 is 5.32 Å². The Bertz CT molecular complexity index is 727. The molecule has 0 saturated carbocycles. The van der Waals surface area contributed by atoms with Gasteiger partial charge in [0.1, 0.15) is 0 Å². The summed E-state index contributed by atoms with van der Waals surface area (Å²) >= 11 is 0. The summed E-state index contributed by atoms with van der Waals surface area (Å²) in [6.07, 6.45) is 7.43. The Kier molecular flexibility index (Phi) is 3.87. The third-order valence-corrected chi connectivity index (χ3v) is 4.18. The van der Waals surface area contributed by atoms with Crippen LogP contribution in [-0.4, -0.2) is 29.4 Å². The fourth-order valence-corrected chi connectivity index (χ4v) is 2.73. The van der Waals surface area contributed by atoms with Crippen LogP contribution in [0.3, 0.4) is 0 Å². The summed E-state index contributed by atoms with van der Waals surface area (Å²) in [5, 5.41) is 10.9. The predicted octanol–water partition coefficient (Wildman–Crippen LogP) is 2.57. The third kappa shape index (κ3) is 3.24. The van der Waals surface area contributed by atoms with E-state index in [1.165, 1.54) is 0 Å². The van der Waals surface area contributed by atoms with E-state index in [1.807, 2.05) is 12.1 Å². The standard InChI is InChI=1S/C17H18N4O2/c1-3-4-8-17(19-20-17)9-7-15(22)18-13-6-5-12-11-21(2)16(23)14(12)10-13/h1,5-6,10H,4,7-9,11H2,2H3,(H,18,22). The molecule has 0 spiro atoms. The monoisotopic (exact) mass is 310 g/mol. The molecular formula is C17H18N4O2. The molecule has 0 aliphatic carbocycles. The Morgan fingerprint density at radius 1 is 1.43 bits per heavy atom. The van der Waals surface area contributed by atoms with Crippen molar-refractivity contribution in [3.8, 4) is 12.3 Å². The number of amides is 2. The summed E-state index contributed by atoms with van der Waals surface area (Å²) in [6, 6.07) is 5.44. The van der Waals surface area contributed by atoms with E-state index in [2.05, 4.69) is 21.5 Å². The maximum atomic E-state index is 12.1. The molecule has 2 amide bonds. The summed E-state index contributed by atoms with van der Waals surface area (Å²) in [5.74, 6) is 2.44. The van der Waals surface area contributed by atoms with Crippen LogP contribution in [0.15, 0.2) is 28.4 Å². The number of carbonyl (C=O) groups excluding carboxylic acids is 2. The lowest BCUT2D eigenvalue weighted by molar-refractivity contribution is -0.116. The summed E-state index contributed by atoms with van der Waals surface area (Å²) in [4.78, 5) is 25.7. The number of hydrogen-bond acceptors (Lipinski definition) is 4. The molecule has 6 heteroatoms. The first-order valence-electron chi connectivity index (χ1n) is 7.59. The molecule has 2 heterocycles. The average molecular weight is 310 g/mol. The lowest BCUT2D eigenvalue weighted by Gasteiger charge is -2.10. The Morgan fingerprint density at radius 3 is 2.91 bits per heavy atom. The number of fused-ring (bicyclic) bond motifs is 1. The molecule has 1 aromatic carbocycles. The summed E-state index contributed by atoms with van der Waals surface area (Å²) in [5.41, 5.74) is 1.84. The lowest BCUT2D eigenvalue weighted by Crippen LogP contribution is -2.18. The van der Waals surface area contributed by atoms with Gasteiger partial charge in [-0.25, -0.2) is 0 Å². The van der Waals surface area contributed by atoms with Crippen molar-refractivity contribution in [2.24, 2.45) is 10.2 Å². The zero-order valence-electron chi connectivity index (χ0n) is 13.0. The van der Waals surface area contributed by atoms with E-state index in [4.69, 9.17) is 6.42 Å². The molecule has 23 heavy (non-hydrogen) atoms. The van der Waals surface area contributed by atoms with Gasteiger partial charge in [-0.2, -0.15) is 10.2 Å². The molecule has 0 fully saturated rings. The number of nitrogens with one attached hydrogen (secondary N) is 1. The minimum Gasteiger partial charge on any atom is -0.337 e. The highest BCUT2D eigenvalue weighted by atomic mass is 16.2. The van der Waals surface area contributed by atoms with E-state index in [9.17, 15) is 9.59 Å². The molecule has 0 saturated heterocycles. The number of terminal acetylenes is 1. The van der Waals surface area contributed by atoms with Gasteiger partial charge in [0.2, 0.25) is 5.91 Å². The molecular weight excluding hydrogens is 292 g/mol. The molecule has 2 aliphatic rings. The summed E-state index contributed by atoms with van der Waals surface area (Å²) in [6.45, 7) is 0.614. The van der Waals surface area contributed by atoms with E-state index in [-0.39, 0.29) is 11.8 Å². The topological polar surface area (TPSA) is 74.1 Å². The molecule has 118 valence electrons. The van der Waals surface area contributed by atoms with Crippen molar-refractivity contribution in [2.45, 2.75) is 37.9 Å². The van der Waals surface area contributed by atoms with Gasteiger partial charge >= 0.3 is 0 Å². The quantitative estimate of drug-likeness (QED) is 0.820. The largest absolute Gasteiger partial charge is 0.337 e. The van der Waals surface area contributed by atoms with Crippen LogP contribution in [0.1, 0.15) is 41.6 Å². The minimum atomic E-state index is -0.444. The van der Waals surface area contributed by atoms with Crippen molar-refractivity contribution in [3.05, 3.63) is 29.3 Å². The molecule has 0 radical (unpaired) electrons. The molecule has 1 aromatic rings. The number of rotatable bonds is 6. The highest BCUT2D eigenvalue weighted by Crippen LogP contribution is 2.37. The second-order valence-electron chi connectivity index (χ2n) is 5.97. The highest BCUT2D eigenvalue weighted by Gasteiger charge is 2.39. The van der Waals surface area contributed by atoms with Gasteiger partial charge in [0.05, 0.1) is 0 Å². The fraction of sp³-hybridized carbons (Fsp3) is 0.412. The normalized spacial score (nSPS) is 16.9. The highest BCUT2D eigenvalue weighted by molar-refractivity contribution is 6.00. The van der Waals surface area contributed by atoms with Crippen molar-refractivity contribution in [1.82, 2.24) is 4.90 Å². The van der Waals surface area contributed by atoms with Crippen molar-refractivity contribution >= 4 is 17.5 Å². The predicted molar refractivity (Wildman–Crippen MR) is 85.8 cm³/mol. The Morgan fingerprint density at radius 2 is 2.22 bits per heavy atom. The maximum absolute atomic E-state index is 12.1. The molecule has 0 atom stereocenters. The van der Waals surface area contributed by atoms with Crippen molar-refractivity contribution in [1.29, 1.82) is 0 Å². The molecule has 2 aliphatic heterocycles. The molecule has 3 rings (SSSR count). The van der Waals surface area contributed by atoms with Crippen LogP contribution in [0.4, 0.5) is 5.69 Å². The molecule has 6 nitrogen and oxygen atoms in total. The SMILES string of the molecule is C#CCCC1(CCC(=O)Nc2ccc3c(c2)C(=O)N(C)C3)N=N1. The van der Waals surface area contributed by atoms with Crippen LogP contribution >= 0.6 is 0 Å². The fourth-order valence-electron chi connectivity index (χ4n) is 2.73. The van der Waals surface area contributed by atoms with E-state index in [1.54, 1.807) is 18.0 Å². The Balaban J connectivity index is 1.55. The minimum absolute atomic E-state index is 0.0140. The van der Waals surface area contributed by atoms with Gasteiger partial charge in [-0.05, 0) is 17.7 Å². The molecule has 0 unspecified atom stereocenters. The Labute approximate surface area is 135 Å². The number of anilines is 1. The molecule has 0 aromatic heterocycles. The zero-order chi connectivity index (χ0) is 16.4. The first-order chi connectivity index (χ1) is 11.0. The second kappa shape index (κ2) is 5.84. The van der Waals surface area contributed by atoms with Crippen LogP contribution in [-0.2, 0) is 11.3 Å². The lowest BCUT2D eigenvalue weighted by atomic mass is 10.0. The van der Waals surface area contributed by atoms with E-state index < -0.39 is 5.66 Å². The smallest absolute Gasteiger partial charge is 0.254 e. The summed E-state index contributed by atoms with van der Waals surface area (Å²) in [7, 11) is 1.76. The first kappa shape index (κ1) is 15.2. The van der Waals surface area contributed by atoms with Crippen LogP contribution in [0.25, 0.3) is 0 Å². The van der Waals surface area contributed by atoms with Gasteiger partial charge in [-0.15, -0.1) is 12.3 Å². The molecule has 0 bridgehead atoms. The van der Waals surface area contributed by atoms with Crippen molar-refractivity contribution < 1.29 is 9.59 Å².